The zero-order valence-electron chi connectivity index (χ0n) is 13.6. The number of amides is 1. The second kappa shape index (κ2) is 7.58. The van der Waals surface area contributed by atoms with Crippen molar-refractivity contribution in [3.63, 3.8) is 0 Å². The number of nitrogens with one attached hydrogen (secondary N) is 1. The standard InChI is InChI=1S/C17H21N3O3/c1-12(2)20-16(21)8-7-15(19-20)17(22)18-10-9-13-5-4-6-14(11-13)23-3/h4-8,11-12H,9-10H2,1-3H3,(H,18,22). The van der Waals surface area contributed by atoms with Gasteiger partial charge >= 0.3 is 0 Å². The number of rotatable bonds is 6. The van der Waals surface area contributed by atoms with Gasteiger partial charge in [0, 0.05) is 12.6 Å². The van der Waals surface area contributed by atoms with Crippen LogP contribution in [0.15, 0.2) is 41.2 Å². The fourth-order valence-electron chi connectivity index (χ4n) is 2.16. The maximum atomic E-state index is 12.1. The van der Waals surface area contributed by atoms with Crippen LogP contribution in [0.25, 0.3) is 0 Å². The van der Waals surface area contributed by atoms with Crippen molar-refractivity contribution < 1.29 is 9.53 Å². The first-order valence-corrected chi connectivity index (χ1v) is 7.52. The highest BCUT2D eigenvalue weighted by Gasteiger charge is 2.10. The SMILES string of the molecule is COc1cccc(CCNC(=O)c2ccc(=O)n(C(C)C)n2)c1. The molecule has 0 unspecified atom stereocenters. The Balaban J connectivity index is 1.97. The molecule has 0 saturated carbocycles. The second-order valence-electron chi connectivity index (χ2n) is 5.45. The van der Waals surface area contributed by atoms with E-state index in [1.165, 1.54) is 16.8 Å². The molecule has 0 saturated heterocycles. The lowest BCUT2D eigenvalue weighted by molar-refractivity contribution is 0.0946. The van der Waals surface area contributed by atoms with Gasteiger partial charge in [0.2, 0.25) is 0 Å². The van der Waals surface area contributed by atoms with Crippen LogP contribution < -0.4 is 15.6 Å². The van der Waals surface area contributed by atoms with Gasteiger partial charge in [0.25, 0.3) is 11.5 Å². The minimum absolute atomic E-state index is 0.0907. The lowest BCUT2D eigenvalue weighted by atomic mass is 10.1. The van der Waals surface area contributed by atoms with E-state index in [-0.39, 0.29) is 23.2 Å². The average molecular weight is 315 g/mol. The summed E-state index contributed by atoms with van der Waals surface area (Å²) in [4.78, 5) is 23.8. The summed E-state index contributed by atoms with van der Waals surface area (Å²) >= 11 is 0. The van der Waals surface area contributed by atoms with Crippen molar-refractivity contribution in [1.82, 2.24) is 15.1 Å². The number of hydrogen-bond donors (Lipinski definition) is 1. The molecule has 1 heterocycles. The summed E-state index contributed by atoms with van der Waals surface area (Å²) in [5, 5.41) is 6.91. The molecule has 0 bridgehead atoms. The molecule has 0 spiro atoms. The van der Waals surface area contributed by atoms with Crippen LogP contribution in [0, 0.1) is 0 Å². The Morgan fingerprint density at radius 1 is 1.30 bits per heavy atom. The summed E-state index contributed by atoms with van der Waals surface area (Å²) in [6.45, 7) is 4.17. The van der Waals surface area contributed by atoms with E-state index in [4.69, 9.17) is 4.74 Å². The van der Waals surface area contributed by atoms with Gasteiger partial charge in [0.05, 0.1) is 13.2 Å². The molecule has 0 aliphatic rings. The van der Waals surface area contributed by atoms with Crippen LogP contribution in [0.2, 0.25) is 0 Å². The largest absolute Gasteiger partial charge is 0.497 e. The monoisotopic (exact) mass is 315 g/mol. The van der Waals surface area contributed by atoms with Gasteiger partial charge in [-0.15, -0.1) is 0 Å². The minimum Gasteiger partial charge on any atom is -0.497 e. The highest BCUT2D eigenvalue weighted by Crippen LogP contribution is 2.12. The molecule has 0 fully saturated rings. The molecule has 0 aliphatic carbocycles. The van der Waals surface area contributed by atoms with E-state index in [0.29, 0.717) is 13.0 Å². The first-order chi connectivity index (χ1) is 11.0. The molecule has 2 aromatic rings. The van der Waals surface area contributed by atoms with E-state index in [2.05, 4.69) is 10.4 Å². The van der Waals surface area contributed by atoms with Gasteiger partial charge < -0.3 is 10.1 Å². The maximum absolute atomic E-state index is 12.1. The Morgan fingerprint density at radius 3 is 2.78 bits per heavy atom. The van der Waals surface area contributed by atoms with Crippen molar-refractivity contribution in [2.45, 2.75) is 26.3 Å². The molecule has 0 atom stereocenters. The van der Waals surface area contributed by atoms with E-state index in [0.717, 1.165) is 11.3 Å². The van der Waals surface area contributed by atoms with Crippen LogP contribution in [-0.4, -0.2) is 29.3 Å². The van der Waals surface area contributed by atoms with Gasteiger partial charge in [-0.25, -0.2) is 4.68 Å². The summed E-state index contributed by atoms with van der Waals surface area (Å²) in [5.74, 6) is 0.502. The lowest BCUT2D eigenvalue weighted by Gasteiger charge is -2.10. The number of ether oxygens (including phenoxy) is 1. The normalized spacial score (nSPS) is 10.6. The molecule has 1 amide bonds. The van der Waals surface area contributed by atoms with Crippen molar-refractivity contribution in [1.29, 1.82) is 0 Å². The Kier molecular flexibility index (Phi) is 5.51. The molecular weight excluding hydrogens is 294 g/mol. The number of carbonyl (C=O) groups excluding carboxylic acids is 1. The summed E-state index contributed by atoms with van der Waals surface area (Å²) in [5.41, 5.74) is 1.10. The van der Waals surface area contributed by atoms with E-state index in [1.54, 1.807) is 7.11 Å². The van der Waals surface area contributed by atoms with E-state index >= 15 is 0 Å². The molecule has 6 heteroatoms. The first kappa shape index (κ1) is 16.7. The second-order valence-corrected chi connectivity index (χ2v) is 5.45. The van der Waals surface area contributed by atoms with Gasteiger partial charge in [0.15, 0.2) is 0 Å². The van der Waals surface area contributed by atoms with Crippen LogP contribution in [0.5, 0.6) is 5.75 Å². The van der Waals surface area contributed by atoms with Gasteiger partial charge in [-0.1, -0.05) is 12.1 Å². The highest BCUT2D eigenvalue weighted by atomic mass is 16.5. The van der Waals surface area contributed by atoms with Gasteiger partial charge in [-0.05, 0) is 44.0 Å². The van der Waals surface area contributed by atoms with E-state index in [1.807, 2.05) is 38.1 Å². The Hall–Kier alpha value is -2.63. The smallest absolute Gasteiger partial charge is 0.271 e. The topological polar surface area (TPSA) is 73.2 Å². The highest BCUT2D eigenvalue weighted by molar-refractivity contribution is 5.91. The maximum Gasteiger partial charge on any atom is 0.271 e. The number of methoxy groups -OCH3 is 1. The van der Waals surface area contributed by atoms with Gasteiger partial charge in [0.1, 0.15) is 11.4 Å². The predicted octanol–water partition coefficient (Wildman–Crippen LogP) is 1.81. The minimum atomic E-state index is -0.290. The van der Waals surface area contributed by atoms with Crippen molar-refractivity contribution >= 4 is 5.91 Å². The summed E-state index contributed by atoms with van der Waals surface area (Å²) < 4.78 is 6.47. The molecule has 1 aromatic carbocycles. The van der Waals surface area contributed by atoms with E-state index in [9.17, 15) is 9.59 Å². The number of benzene rings is 1. The lowest BCUT2D eigenvalue weighted by Crippen LogP contribution is -2.31. The fraction of sp³-hybridized carbons (Fsp3) is 0.353. The third-order valence-electron chi connectivity index (χ3n) is 3.38. The number of nitrogens with zero attached hydrogens (tertiary/aromatic N) is 2. The fourth-order valence-corrected chi connectivity index (χ4v) is 2.16. The third kappa shape index (κ3) is 4.42. The predicted molar refractivity (Wildman–Crippen MR) is 87.9 cm³/mol. The quantitative estimate of drug-likeness (QED) is 0.882. The van der Waals surface area contributed by atoms with Gasteiger partial charge in [-0.2, -0.15) is 5.10 Å². The third-order valence-corrected chi connectivity index (χ3v) is 3.38. The number of hydrogen-bond acceptors (Lipinski definition) is 4. The molecule has 2 rings (SSSR count). The molecule has 122 valence electrons. The zero-order chi connectivity index (χ0) is 16.8. The molecule has 0 radical (unpaired) electrons. The molecular formula is C17H21N3O3. The van der Waals surface area contributed by atoms with Crippen molar-refractivity contribution in [2.24, 2.45) is 0 Å². The number of carbonyl (C=O) groups is 1. The Labute approximate surface area is 135 Å². The van der Waals surface area contributed by atoms with Crippen LogP contribution in [0.4, 0.5) is 0 Å². The molecule has 23 heavy (non-hydrogen) atoms. The Bertz CT molecular complexity index is 738. The summed E-state index contributed by atoms with van der Waals surface area (Å²) in [7, 11) is 1.62. The van der Waals surface area contributed by atoms with Crippen LogP contribution >= 0.6 is 0 Å². The summed E-state index contributed by atoms with van der Waals surface area (Å²) in [6, 6.07) is 10.4. The van der Waals surface area contributed by atoms with Crippen molar-refractivity contribution in [3.8, 4) is 5.75 Å². The molecule has 0 aliphatic heterocycles. The first-order valence-electron chi connectivity index (χ1n) is 7.52. The van der Waals surface area contributed by atoms with Crippen molar-refractivity contribution in [2.75, 3.05) is 13.7 Å². The molecule has 1 aromatic heterocycles. The number of aromatic nitrogens is 2. The van der Waals surface area contributed by atoms with Crippen LogP contribution in [0.1, 0.15) is 35.9 Å². The van der Waals surface area contributed by atoms with Gasteiger partial charge in [-0.3, -0.25) is 9.59 Å². The zero-order valence-corrected chi connectivity index (χ0v) is 13.6. The van der Waals surface area contributed by atoms with Crippen LogP contribution in [0.3, 0.4) is 0 Å². The van der Waals surface area contributed by atoms with Crippen LogP contribution in [-0.2, 0) is 6.42 Å². The molecule has 1 N–H and O–H groups in total. The summed E-state index contributed by atoms with van der Waals surface area (Å²) in [6.07, 6.45) is 0.687. The average Bonchev–Trinajstić information content (AvgIpc) is 2.55. The van der Waals surface area contributed by atoms with Crippen molar-refractivity contribution in [3.05, 3.63) is 58.0 Å². The van der Waals surface area contributed by atoms with E-state index < -0.39 is 0 Å². The Morgan fingerprint density at radius 2 is 2.09 bits per heavy atom. The molecule has 6 nitrogen and oxygen atoms in total.